The molecule has 0 radical (unpaired) electrons. The van der Waals surface area contributed by atoms with Gasteiger partial charge in [-0.3, -0.25) is 0 Å². The minimum absolute atomic E-state index is 0.335. The molecule has 0 saturated carbocycles. The summed E-state index contributed by atoms with van der Waals surface area (Å²) in [6, 6.07) is 14.9. The van der Waals surface area contributed by atoms with Crippen molar-refractivity contribution in [2.24, 2.45) is 0 Å². The first-order valence-corrected chi connectivity index (χ1v) is 8.35. The van der Waals surface area contributed by atoms with Gasteiger partial charge in [-0.25, -0.2) is 4.79 Å². The Kier molecular flexibility index (Phi) is 7.24. The maximum absolute atomic E-state index is 12.6. The van der Waals surface area contributed by atoms with Crippen LogP contribution >= 0.6 is 0 Å². The molecule has 5 nitrogen and oxygen atoms in total. The molecule has 0 atom stereocenters. The van der Waals surface area contributed by atoms with Gasteiger partial charge in [0.05, 0.1) is 19.8 Å². The van der Waals surface area contributed by atoms with E-state index in [1.165, 1.54) is 0 Å². The van der Waals surface area contributed by atoms with Crippen molar-refractivity contribution in [2.75, 3.05) is 41.5 Å². The lowest BCUT2D eigenvalue weighted by atomic mass is 10.0. The summed E-state index contributed by atoms with van der Waals surface area (Å²) >= 11 is 0. The smallest absolute Gasteiger partial charge is 0.338 e. The maximum Gasteiger partial charge on any atom is 0.338 e. The van der Waals surface area contributed by atoms with Gasteiger partial charge in [0.1, 0.15) is 18.1 Å². The fourth-order valence-corrected chi connectivity index (χ4v) is 2.30. The van der Waals surface area contributed by atoms with Gasteiger partial charge in [-0.1, -0.05) is 24.3 Å². The average molecular weight is 355 g/mol. The van der Waals surface area contributed by atoms with Crippen molar-refractivity contribution in [3.8, 4) is 11.5 Å². The second-order valence-electron chi connectivity index (χ2n) is 6.00. The third-order valence-corrected chi connectivity index (χ3v) is 3.82. The van der Waals surface area contributed by atoms with Crippen LogP contribution in [0.15, 0.2) is 48.5 Å². The molecule has 2 rings (SSSR count). The highest BCUT2D eigenvalue weighted by Crippen LogP contribution is 2.23. The van der Waals surface area contributed by atoms with Gasteiger partial charge in [-0.05, 0) is 55.6 Å². The Balaban J connectivity index is 2.29. The molecule has 5 heteroatoms. The summed E-state index contributed by atoms with van der Waals surface area (Å²) < 4.78 is 15.8. The fraction of sp³-hybridized carbons (Fsp3) is 0.286. The van der Waals surface area contributed by atoms with Crippen LogP contribution in [-0.2, 0) is 9.53 Å². The molecule has 0 unspecified atom stereocenters. The number of hydrogen-bond donors (Lipinski definition) is 0. The first-order valence-electron chi connectivity index (χ1n) is 8.35. The Morgan fingerprint density at radius 3 is 1.96 bits per heavy atom. The van der Waals surface area contributed by atoms with Gasteiger partial charge < -0.3 is 19.1 Å². The molecule has 2 aromatic carbocycles. The molecule has 0 spiro atoms. The van der Waals surface area contributed by atoms with Crippen LogP contribution in [0.1, 0.15) is 11.1 Å². The van der Waals surface area contributed by atoms with E-state index in [1.54, 1.807) is 14.2 Å². The molecule has 0 bridgehead atoms. The summed E-state index contributed by atoms with van der Waals surface area (Å²) in [5.41, 5.74) is 2.16. The molecule has 0 aromatic heterocycles. The number of carbonyl (C=O) groups is 1. The van der Waals surface area contributed by atoms with Crippen LogP contribution in [0, 0.1) is 0 Å². The lowest BCUT2D eigenvalue weighted by Crippen LogP contribution is -2.20. The van der Waals surface area contributed by atoms with Crippen LogP contribution < -0.4 is 9.47 Å². The molecular formula is C21H25NO4. The van der Waals surface area contributed by atoms with Gasteiger partial charge in [-0.2, -0.15) is 0 Å². The molecule has 0 aliphatic rings. The van der Waals surface area contributed by atoms with Gasteiger partial charge >= 0.3 is 5.97 Å². The summed E-state index contributed by atoms with van der Waals surface area (Å²) in [6.07, 6.45) is 1.82. The van der Waals surface area contributed by atoms with Crippen LogP contribution in [0.25, 0.3) is 11.6 Å². The summed E-state index contributed by atoms with van der Waals surface area (Å²) in [7, 11) is 7.10. The van der Waals surface area contributed by atoms with Crippen molar-refractivity contribution in [1.29, 1.82) is 0 Å². The standard InChI is InChI=1S/C21H25NO4/c1-22(2)13-14-26-21(23)20(17-7-11-19(25-4)12-8-17)15-16-5-9-18(24-3)10-6-16/h5-12,15H,13-14H2,1-4H3/b20-15-. The second kappa shape index (κ2) is 9.63. The van der Waals surface area contributed by atoms with E-state index in [1.807, 2.05) is 73.6 Å². The lowest BCUT2D eigenvalue weighted by molar-refractivity contribution is -0.136. The van der Waals surface area contributed by atoms with E-state index in [0.29, 0.717) is 18.7 Å². The van der Waals surface area contributed by atoms with Crippen LogP contribution in [0.3, 0.4) is 0 Å². The molecule has 2 aromatic rings. The van der Waals surface area contributed by atoms with Gasteiger partial charge in [0.15, 0.2) is 0 Å². The number of likely N-dealkylation sites (N-methyl/N-ethyl adjacent to an activating group) is 1. The minimum atomic E-state index is -0.354. The van der Waals surface area contributed by atoms with Crippen molar-refractivity contribution >= 4 is 17.6 Å². The van der Waals surface area contributed by atoms with Crippen LogP contribution in [0.4, 0.5) is 0 Å². The molecule has 0 N–H and O–H groups in total. The van der Waals surface area contributed by atoms with Crippen LogP contribution in [0.5, 0.6) is 11.5 Å². The number of rotatable bonds is 8. The summed E-state index contributed by atoms with van der Waals surface area (Å²) in [6.45, 7) is 1.01. The summed E-state index contributed by atoms with van der Waals surface area (Å²) in [5, 5.41) is 0. The van der Waals surface area contributed by atoms with Gasteiger partial charge in [0.2, 0.25) is 0 Å². The topological polar surface area (TPSA) is 48.0 Å². The van der Waals surface area contributed by atoms with E-state index in [2.05, 4.69) is 0 Å². The van der Waals surface area contributed by atoms with Gasteiger partial charge in [-0.15, -0.1) is 0 Å². The summed E-state index contributed by atoms with van der Waals surface area (Å²) in [5.74, 6) is 1.15. The number of hydrogen-bond acceptors (Lipinski definition) is 5. The van der Waals surface area contributed by atoms with E-state index in [-0.39, 0.29) is 5.97 Å². The number of esters is 1. The molecule has 0 aliphatic carbocycles. The Hall–Kier alpha value is -2.79. The first kappa shape index (κ1) is 19.5. The van der Waals surface area contributed by atoms with E-state index < -0.39 is 0 Å². The Labute approximate surface area is 154 Å². The number of nitrogens with zero attached hydrogens (tertiary/aromatic N) is 1. The van der Waals surface area contributed by atoms with E-state index in [9.17, 15) is 4.79 Å². The Bertz CT molecular complexity index is 734. The van der Waals surface area contributed by atoms with E-state index >= 15 is 0 Å². The summed E-state index contributed by atoms with van der Waals surface area (Å²) in [4.78, 5) is 14.6. The third-order valence-electron chi connectivity index (χ3n) is 3.82. The van der Waals surface area contributed by atoms with Crippen molar-refractivity contribution in [1.82, 2.24) is 4.90 Å². The normalized spacial score (nSPS) is 11.3. The third kappa shape index (κ3) is 5.63. The molecule has 0 saturated heterocycles. The maximum atomic E-state index is 12.6. The average Bonchev–Trinajstić information content (AvgIpc) is 2.66. The van der Waals surface area contributed by atoms with Crippen molar-refractivity contribution in [3.63, 3.8) is 0 Å². The van der Waals surface area contributed by atoms with Crippen molar-refractivity contribution in [3.05, 3.63) is 59.7 Å². The largest absolute Gasteiger partial charge is 0.497 e. The van der Waals surface area contributed by atoms with Crippen LogP contribution in [0.2, 0.25) is 0 Å². The zero-order valence-corrected chi connectivity index (χ0v) is 15.7. The molecule has 0 amide bonds. The van der Waals surface area contributed by atoms with E-state index in [4.69, 9.17) is 14.2 Å². The van der Waals surface area contributed by atoms with Gasteiger partial charge in [0.25, 0.3) is 0 Å². The monoisotopic (exact) mass is 355 g/mol. The number of ether oxygens (including phenoxy) is 3. The molecule has 0 heterocycles. The molecule has 26 heavy (non-hydrogen) atoms. The number of methoxy groups -OCH3 is 2. The highest BCUT2D eigenvalue weighted by molar-refractivity contribution is 6.21. The molecule has 0 aliphatic heterocycles. The predicted molar refractivity (Wildman–Crippen MR) is 103 cm³/mol. The van der Waals surface area contributed by atoms with Crippen molar-refractivity contribution < 1.29 is 19.0 Å². The van der Waals surface area contributed by atoms with Crippen LogP contribution in [-0.4, -0.2) is 52.3 Å². The quantitative estimate of drug-likeness (QED) is 0.413. The zero-order chi connectivity index (χ0) is 18.9. The lowest BCUT2D eigenvalue weighted by Gasteiger charge is -2.12. The Morgan fingerprint density at radius 2 is 1.46 bits per heavy atom. The zero-order valence-electron chi connectivity index (χ0n) is 15.7. The molecule has 0 fully saturated rings. The highest BCUT2D eigenvalue weighted by Gasteiger charge is 2.14. The predicted octanol–water partition coefficient (Wildman–Crippen LogP) is 3.35. The van der Waals surface area contributed by atoms with Crippen molar-refractivity contribution in [2.45, 2.75) is 0 Å². The Morgan fingerprint density at radius 1 is 0.923 bits per heavy atom. The first-order chi connectivity index (χ1) is 12.5. The second-order valence-corrected chi connectivity index (χ2v) is 6.00. The van der Waals surface area contributed by atoms with E-state index in [0.717, 1.165) is 22.6 Å². The fourth-order valence-electron chi connectivity index (χ4n) is 2.30. The minimum Gasteiger partial charge on any atom is -0.497 e. The van der Waals surface area contributed by atoms with Gasteiger partial charge in [0, 0.05) is 6.54 Å². The highest BCUT2D eigenvalue weighted by atomic mass is 16.5. The number of carbonyl (C=O) groups excluding carboxylic acids is 1. The number of benzene rings is 2. The molecular weight excluding hydrogens is 330 g/mol. The molecule has 138 valence electrons. The SMILES string of the molecule is COc1ccc(/C=C(\C(=O)OCCN(C)C)c2ccc(OC)cc2)cc1.